The summed E-state index contributed by atoms with van der Waals surface area (Å²) in [6.45, 7) is 3.98. The van der Waals surface area contributed by atoms with E-state index in [1.165, 1.54) is 0 Å². The minimum absolute atomic E-state index is 0.259. The van der Waals surface area contributed by atoms with Crippen molar-refractivity contribution in [3.05, 3.63) is 29.8 Å². The lowest BCUT2D eigenvalue weighted by Gasteiger charge is -2.17. The van der Waals surface area contributed by atoms with Gasteiger partial charge in [0.15, 0.2) is 0 Å². The molecule has 0 radical (unpaired) electrons. The molecule has 0 aromatic heterocycles. The van der Waals surface area contributed by atoms with Crippen molar-refractivity contribution in [2.45, 2.75) is 32.4 Å². The molecule has 1 N–H and O–H groups in total. The second-order valence-corrected chi connectivity index (χ2v) is 5.37. The number of aliphatic hydroxyl groups is 1. The molecule has 2 atom stereocenters. The highest BCUT2D eigenvalue weighted by molar-refractivity contribution is 5.27. The fourth-order valence-corrected chi connectivity index (χ4v) is 2.51. The molecule has 5 heteroatoms. The Bertz CT molecular complexity index is 409. The molecule has 0 aliphatic carbocycles. The first-order chi connectivity index (χ1) is 9.54. The van der Waals surface area contributed by atoms with Crippen LogP contribution in [0.1, 0.15) is 18.9 Å². The predicted molar refractivity (Wildman–Crippen MR) is 73.0 cm³/mol. The Balaban J connectivity index is 1.82. The molecule has 1 aromatic carbocycles. The fraction of sp³-hybridized carbons (Fsp3) is 0.600. The third kappa shape index (κ3) is 4.42. The van der Waals surface area contributed by atoms with Gasteiger partial charge in [-0.1, -0.05) is 12.1 Å². The maximum absolute atomic E-state index is 12.0. The highest BCUT2D eigenvalue weighted by Gasteiger charge is 2.25. The highest BCUT2D eigenvalue weighted by atomic mass is 19.3. The molecule has 0 spiro atoms. The van der Waals surface area contributed by atoms with E-state index >= 15 is 0 Å². The minimum Gasteiger partial charge on any atom is -0.488 e. The Kier molecular flexibility index (Phi) is 5.31. The van der Waals surface area contributed by atoms with Gasteiger partial charge in [0.1, 0.15) is 12.4 Å². The molecule has 2 unspecified atom stereocenters. The zero-order chi connectivity index (χ0) is 14.5. The SMILES string of the molecule is CC(O)C1CCN(Cc2ccc(OCC(F)F)cc2)C1. The van der Waals surface area contributed by atoms with Crippen LogP contribution in [0.4, 0.5) is 8.78 Å². The van der Waals surface area contributed by atoms with Gasteiger partial charge < -0.3 is 9.84 Å². The summed E-state index contributed by atoms with van der Waals surface area (Å²) < 4.78 is 29.0. The number of ether oxygens (including phenoxy) is 1. The third-order valence-electron chi connectivity index (χ3n) is 3.70. The van der Waals surface area contributed by atoms with Crippen molar-refractivity contribution < 1.29 is 18.6 Å². The second kappa shape index (κ2) is 6.99. The monoisotopic (exact) mass is 285 g/mol. The van der Waals surface area contributed by atoms with E-state index in [2.05, 4.69) is 4.90 Å². The molecule has 1 fully saturated rings. The first-order valence-electron chi connectivity index (χ1n) is 6.95. The van der Waals surface area contributed by atoms with Gasteiger partial charge >= 0.3 is 0 Å². The molecule has 1 aliphatic rings. The molecular weight excluding hydrogens is 264 g/mol. The van der Waals surface area contributed by atoms with E-state index < -0.39 is 13.0 Å². The Morgan fingerprint density at radius 2 is 2.05 bits per heavy atom. The number of alkyl halides is 2. The van der Waals surface area contributed by atoms with Gasteiger partial charge in [0.2, 0.25) is 0 Å². The summed E-state index contributed by atoms with van der Waals surface area (Å²) in [6, 6.07) is 7.24. The summed E-state index contributed by atoms with van der Waals surface area (Å²) in [5, 5.41) is 9.57. The second-order valence-electron chi connectivity index (χ2n) is 5.37. The van der Waals surface area contributed by atoms with Crippen LogP contribution in [0.2, 0.25) is 0 Å². The Morgan fingerprint density at radius 1 is 1.35 bits per heavy atom. The van der Waals surface area contributed by atoms with Crippen LogP contribution in [-0.4, -0.2) is 42.2 Å². The van der Waals surface area contributed by atoms with Crippen molar-refractivity contribution >= 4 is 0 Å². The maximum Gasteiger partial charge on any atom is 0.272 e. The molecule has 0 saturated carbocycles. The van der Waals surface area contributed by atoms with Crippen LogP contribution >= 0.6 is 0 Å². The molecule has 1 aromatic rings. The Morgan fingerprint density at radius 3 is 2.60 bits per heavy atom. The lowest BCUT2D eigenvalue weighted by atomic mass is 10.0. The summed E-state index contributed by atoms with van der Waals surface area (Å²) >= 11 is 0. The van der Waals surface area contributed by atoms with Gasteiger partial charge in [-0.3, -0.25) is 4.90 Å². The first-order valence-corrected chi connectivity index (χ1v) is 6.95. The molecule has 0 bridgehead atoms. The van der Waals surface area contributed by atoms with Gasteiger partial charge in [0, 0.05) is 13.1 Å². The number of likely N-dealkylation sites (tertiary alicyclic amines) is 1. The summed E-state index contributed by atoms with van der Waals surface area (Å²) in [5.74, 6) is 0.820. The summed E-state index contributed by atoms with van der Waals surface area (Å²) in [5.41, 5.74) is 1.13. The van der Waals surface area contributed by atoms with Gasteiger partial charge in [-0.15, -0.1) is 0 Å². The van der Waals surface area contributed by atoms with Crippen LogP contribution in [0.3, 0.4) is 0 Å². The van der Waals surface area contributed by atoms with E-state index in [-0.39, 0.29) is 6.10 Å². The zero-order valence-electron chi connectivity index (χ0n) is 11.6. The zero-order valence-corrected chi connectivity index (χ0v) is 11.6. The van der Waals surface area contributed by atoms with Crippen molar-refractivity contribution in [2.24, 2.45) is 5.92 Å². The van der Waals surface area contributed by atoms with E-state index in [1.807, 2.05) is 19.1 Å². The topological polar surface area (TPSA) is 32.7 Å². The number of halogens is 2. The molecule has 0 amide bonds. The minimum atomic E-state index is -2.45. The quantitative estimate of drug-likeness (QED) is 0.872. The molecule has 2 rings (SSSR count). The van der Waals surface area contributed by atoms with Crippen LogP contribution in [-0.2, 0) is 6.54 Å². The van der Waals surface area contributed by atoms with Crippen LogP contribution in [0.15, 0.2) is 24.3 Å². The van der Waals surface area contributed by atoms with Crippen molar-refractivity contribution in [3.8, 4) is 5.75 Å². The van der Waals surface area contributed by atoms with Crippen molar-refractivity contribution in [1.29, 1.82) is 0 Å². The predicted octanol–water partition coefficient (Wildman–Crippen LogP) is 2.53. The van der Waals surface area contributed by atoms with Crippen LogP contribution in [0.5, 0.6) is 5.75 Å². The van der Waals surface area contributed by atoms with Crippen molar-refractivity contribution in [3.63, 3.8) is 0 Å². The number of hydrogen-bond acceptors (Lipinski definition) is 3. The molecule has 20 heavy (non-hydrogen) atoms. The highest BCUT2D eigenvalue weighted by Crippen LogP contribution is 2.22. The summed E-state index contributed by atoms with van der Waals surface area (Å²) in [7, 11) is 0. The standard InChI is InChI=1S/C15H21F2NO2/c1-11(19)13-6-7-18(9-13)8-12-2-4-14(5-3-12)20-10-15(16)17/h2-5,11,13,15,19H,6-10H2,1H3. The van der Waals surface area contributed by atoms with Gasteiger partial charge in [0.05, 0.1) is 6.10 Å². The average Bonchev–Trinajstić information content (AvgIpc) is 2.86. The largest absolute Gasteiger partial charge is 0.488 e. The van der Waals surface area contributed by atoms with Crippen LogP contribution < -0.4 is 4.74 Å². The van der Waals surface area contributed by atoms with Crippen LogP contribution in [0.25, 0.3) is 0 Å². The number of rotatable bonds is 6. The Hall–Kier alpha value is -1.20. The van der Waals surface area contributed by atoms with E-state index in [0.717, 1.165) is 31.6 Å². The molecule has 1 aliphatic heterocycles. The average molecular weight is 285 g/mol. The van der Waals surface area contributed by atoms with Gasteiger partial charge in [-0.2, -0.15) is 0 Å². The first kappa shape index (κ1) is 15.2. The van der Waals surface area contributed by atoms with Gasteiger partial charge in [0.25, 0.3) is 6.43 Å². The lowest BCUT2D eigenvalue weighted by molar-refractivity contribution is 0.0819. The summed E-state index contributed by atoms with van der Waals surface area (Å²) in [6.07, 6.45) is -1.69. The van der Waals surface area contributed by atoms with E-state index in [4.69, 9.17) is 4.74 Å². The summed E-state index contributed by atoms with van der Waals surface area (Å²) in [4.78, 5) is 2.30. The molecule has 112 valence electrons. The number of aliphatic hydroxyl groups excluding tert-OH is 1. The van der Waals surface area contributed by atoms with Gasteiger partial charge in [-0.05, 0) is 43.5 Å². The maximum atomic E-state index is 12.0. The van der Waals surface area contributed by atoms with Crippen molar-refractivity contribution in [2.75, 3.05) is 19.7 Å². The molecule has 1 saturated heterocycles. The van der Waals surface area contributed by atoms with Crippen molar-refractivity contribution in [1.82, 2.24) is 4.90 Å². The number of hydrogen-bond donors (Lipinski definition) is 1. The number of nitrogens with zero attached hydrogens (tertiary/aromatic N) is 1. The van der Waals surface area contributed by atoms with E-state index in [1.54, 1.807) is 12.1 Å². The molecule has 3 nitrogen and oxygen atoms in total. The normalized spacial score (nSPS) is 21.4. The smallest absolute Gasteiger partial charge is 0.272 e. The van der Waals surface area contributed by atoms with Gasteiger partial charge in [-0.25, -0.2) is 8.78 Å². The lowest BCUT2D eigenvalue weighted by Crippen LogP contribution is -2.23. The molecule has 1 heterocycles. The van der Waals surface area contributed by atoms with E-state index in [0.29, 0.717) is 11.7 Å². The Labute approximate surface area is 118 Å². The molecular formula is C15H21F2NO2. The van der Waals surface area contributed by atoms with E-state index in [9.17, 15) is 13.9 Å². The third-order valence-corrected chi connectivity index (χ3v) is 3.70. The number of benzene rings is 1. The van der Waals surface area contributed by atoms with Crippen LogP contribution in [0, 0.1) is 5.92 Å². The fourth-order valence-electron chi connectivity index (χ4n) is 2.51.